The van der Waals surface area contributed by atoms with Gasteiger partial charge in [0.05, 0.1) is 23.5 Å². The van der Waals surface area contributed by atoms with Gasteiger partial charge in [-0.15, -0.1) is 0 Å². The number of nitriles is 1. The lowest BCUT2D eigenvalue weighted by atomic mass is 10.2. The van der Waals surface area contributed by atoms with Crippen LogP contribution in [-0.4, -0.2) is 4.98 Å². The summed E-state index contributed by atoms with van der Waals surface area (Å²) < 4.78 is 13.7. The summed E-state index contributed by atoms with van der Waals surface area (Å²) in [7, 11) is 0. The van der Waals surface area contributed by atoms with Crippen molar-refractivity contribution in [2.24, 2.45) is 0 Å². The SMILES string of the molecule is N#Cc1cc(F)ccc1NCc1cccc(Br)n1. The first-order chi connectivity index (χ1) is 8.69. The molecule has 90 valence electrons. The van der Waals surface area contributed by atoms with E-state index in [1.807, 2.05) is 24.3 Å². The maximum Gasteiger partial charge on any atom is 0.124 e. The van der Waals surface area contributed by atoms with Gasteiger partial charge in [0.2, 0.25) is 0 Å². The van der Waals surface area contributed by atoms with Gasteiger partial charge in [-0.1, -0.05) is 6.07 Å². The highest BCUT2D eigenvalue weighted by Crippen LogP contribution is 2.17. The fourth-order valence-corrected chi connectivity index (χ4v) is 1.88. The summed E-state index contributed by atoms with van der Waals surface area (Å²) in [5.41, 5.74) is 1.71. The number of nitrogens with one attached hydrogen (secondary N) is 1. The van der Waals surface area contributed by atoms with E-state index < -0.39 is 5.82 Å². The van der Waals surface area contributed by atoms with E-state index in [9.17, 15) is 4.39 Å². The Bertz CT molecular complexity index is 607. The summed E-state index contributed by atoms with van der Waals surface area (Å²) in [4.78, 5) is 4.26. The fourth-order valence-electron chi connectivity index (χ4n) is 1.50. The Balaban J connectivity index is 2.14. The Hall–Kier alpha value is -1.93. The van der Waals surface area contributed by atoms with Gasteiger partial charge in [-0.2, -0.15) is 5.26 Å². The second kappa shape index (κ2) is 5.61. The average Bonchev–Trinajstić information content (AvgIpc) is 2.37. The smallest absolute Gasteiger partial charge is 0.124 e. The number of halogens is 2. The normalized spacial score (nSPS) is 9.83. The highest BCUT2D eigenvalue weighted by atomic mass is 79.9. The minimum absolute atomic E-state index is 0.282. The molecule has 0 atom stereocenters. The average molecular weight is 306 g/mol. The quantitative estimate of drug-likeness (QED) is 0.883. The minimum atomic E-state index is -0.419. The summed E-state index contributed by atoms with van der Waals surface area (Å²) in [6.07, 6.45) is 0. The van der Waals surface area contributed by atoms with Crippen LogP contribution >= 0.6 is 15.9 Å². The molecule has 0 spiro atoms. The summed E-state index contributed by atoms with van der Waals surface area (Å²) in [5, 5.41) is 12.0. The van der Waals surface area contributed by atoms with Crippen LogP contribution < -0.4 is 5.32 Å². The number of pyridine rings is 1. The standard InChI is InChI=1S/C13H9BrFN3/c14-13-3-1-2-11(18-13)8-17-12-5-4-10(15)6-9(12)7-16/h1-6,17H,8H2. The molecule has 0 saturated heterocycles. The first-order valence-corrected chi connectivity index (χ1v) is 6.03. The third-order valence-electron chi connectivity index (χ3n) is 2.33. The molecule has 1 aromatic carbocycles. The van der Waals surface area contributed by atoms with E-state index in [1.54, 1.807) is 6.07 Å². The van der Waals surface area contributed by atoms with Crippen LogP contribution in [0.3, 0.4) is 0 Å². The van der Waals surface area contributed by atoms with Crippen molar-refractivity contribution in [3.63, 3.8) is 0 Å². The Morgan fingerprint density at radius 2 is 2.17 bits per heavy atom. The van der Waals surface area contributed by atoms with Gasteiger partial charge in [0.15, 0.2) is 0 Å². The van der Waals surface area contributed by atoms with E-state index in [2.05, 4.69) is 26.2 Å². The van der Waals surface area contributed by atoms with Crippen LogP contribution in [0.5, 0.6) is 0 Å². The van der Waals surface area contributed by atoms with Crippen LogP contribution in [0.15, 0.2) is 41.0 Å². The molecular weight excluding hydrogens is 297 g/mol. The van der Waals surface area contributed by atoms with Crippen LogP contribution in [0.2, 0.25) is 0 Å². The van der Waals surface area contributed by atoms with Gasteiger partial charge in [-0.3, -0.25) is 0 Å². The second-order valence-electron chi connectivity index (χ2n) is 3.61. The lowest BCUT2D eigenvalue weighted by molar-refractivity contribution is 0.627. The fraction of sp³-hybridized carbons (Fsp3) is 0.0769. The van der Waals surface area contributed by atoms with Crippen LogP contribution in [0.1, 0.15) is 11.3 Å². The van der Waals surface area contributed by atoms with E-state index in [-0.39, 0.29) is 5.56 Å². The van der Waals surface area contributed by atoms with Crippen LogP contribution in [-0.2, 0) is 6.54 Å². The molecule has 0 aliphatic heterocycles. The summed E-state index contributed by atoms with van der Waals surface area (Å²) in [5.74, 6) is -0.419. The van der Waals surface area contributed by atoms with Crippen LogP contribution in [0.25, 0.3) is 0 Å². The van der Waals surface area contributed by atoms with Crippen molar-refractivity contribution in [1.82, 2.24) is 4.98 Å². The molecule has 0 aliphatic rings. The molecule has 0 radical (unpaired) electrons. The van der Waals surface area contributed by atoms with Gasteiger partial charge in [0, 0.05) is 0 Å². The van der Waals surface area contributed by atoms with Crippen LogP contribution in [0, 0.1) is 17.1 Å². The van der Waals surface area contributed by atoms with Gasteiger partial charge in [-0.05, 0) is 46.3 Å². The summed E-state index contributed by atoms with van der Waals surface area (Å²) in [6, 6.07) is 11.6. The molecular formula is C13H9BrFN3. The summed E-state index contributed by atoms with van der Waals surface area (Å²) >= 11 is 3.29. The molecule has 1 heterocycles. The van der Waals surface area contributed by atoms with Crippen molar-refractivity contribution in [1.29, 1.82) is 5.26 Å². The number of benzene rings is 1. The third-order valence-corrected chi connectivity index (χ3v) is 2.78. The van der Waals surface area contributed by atoms with Crippen molar-refractivity contribution in [3.8, 4) is 6.07 Å². The molecule has 0 fully saturated rings. The topological polar surface area (TPSA) is 48.7 Å². The van der Waals surface area contributed by atoms with Gasteiger partial charge in [0.25, 0.3) is 0 Å². The van der Waals surface area contributed by atoms with Gasteiger partial charge >= 0.3 is 0 Å². The number of hydrogen-bond acceptors (Lipinski definition) is 3. The van der Waals surface area contributed by atoms with E-state index in [0.717, 1.165) is 10.3 Å². The van der Waals surface area contributed by atoms with Gasteiger partial charge in [0.1, 0.15) is 16.5 Å². The molecule has 3 nitrogen and oxygen atoms in total. The van der Waals surface area contributed by atoms with Crippen LogP contribution in [0.4, 0.5) is 10.1 Å². The molecule has 5 heteroatoms. The van der Waals surface area contributed by atoms with Crippen molar-refractivity contribution < 1.29 is 4.39 Å². The minimum Gasteiger partial charge on any atom is -0.378 e. The number of hydrogen-bond donors (Lipinski definition) is 1. The zero-order chi connectivity index (χ0) is 13.0. The number of aromatic nitrogens is 1. The zero-order valence-corrected chi connectivity index (χ0v) is 10.9. The van der Waals surface area contributed by atoms with E-state index in [1.165, 1.54) is 12.1 Å². The highest BCUT2D eigenvalue weighted by molar-refractivity contribution is 9.10. The van der Waals surface area contributed by atoms with Crippen molar-refractivity contribution in [3.05, 3.63) is 58.1 Å². The molecule has 1 aromatic heterocycles. The van der Waals surface area contributed by atoms with E-state index in [0.29, 0.717) is 12.2 Å². The first kappa shape index (κ1) is 12.5. The van der Waals surface area contributed by atoms with Crippen molar-refractivity contribution in [2.75, 3.05) is 5.32 Å². The second-order valence-corrected chi connectivity index (χ2v) is 4.42. The molecule has 0 aliphatic carbocycles. The summed E-state index contributed by atoms with van der Waals surface area (Å²) in [6.45, 7) is 0.472. The van der Waals surface area contributed by atoms with E-state index >= 15 is 0 Å². The Morgan fingerprint density at radius 3 is 2.89 bits per heavy atom. The van der Waals surface area contributed by atoms with E-state index in [4.69, 9.17) is 5.26 Å². The molecule has 2 rings (SSSR count). The molecule has 1 N–H and O–H groups in total. The number of nitrogens with zero attached hydrogens (tertiary/aromatic N) is 2. The molecule has 0 bridgehead atoms. The lowest BCUT2D eigenvalue weighted by Gasteiger charge is -2.07. The number of anilines is 1. The highest BCUT2D eigenvalue weighted by Gasteiger charge is 2.03. The third kappa shape index (κ3) is 3.05. The Kier molecular flexibility index (Phi) is 3.90. The largest absolute Gasteiger partial charge is 0.378 e. The first-order valence-electron chi connectivity index (χ1n) is 5.24. The Morgan fingerprint density at radius 1 is 1.33 bits per heavy atom. The molecule has 0 unspecified atom stereocenters. The maximum absolute atomic E-state index is 13.0. The predicted molar refractivity (Wildman–Crippen MR) is 70.4 cm³/mol. The Labute approximate surface area is 112 Å². The number of rotatable bonds is 3. The molecule has 18 heavy (non-hydrogen) atoms. The zero-order valence-electron chi connectivity index (χ0n) is 9.32. The molecule has 2 aromatic rings. The lowest BCUT2D eigenvalue weighted by Crippen LogP contribution is -2.03. The van der Waals surface area contributed by atoms with Crippen molar-refractivity contribution >= 4 is 21.6 Å². The van der Waals surface area contributed by atoms with Gasteiger partial charge < -0.3 is 5.32 Å². The van der Waals surface area contributed by atoms with Gasteiger partial charge in [-0.25, -0.2) is 9.37 Å². The maximum atomic E-state index is 13.0. The predicted octanol–water partition coefficient (Wildman–Crippen LogP) is 3.47. The molecule has 0 amide bonds. The monoisotopic (exact) mass is 305 g/mol. The molecule has 0 saturated carbocycles. The van der Waals surface area contributed by atoms with Crippen molar-refractivity contribution in [2.45, 2.75) is 6.54 Å².